The molecule has 0 spiro atoms. The summed E-state index contributed by atoms with van der Waals surface area (Å²) in [6.45, 7) is 0. The first-order valence-corrected chi connectivity index (χ1v) is 5.57. The number of hydrogen-bond acceptors (Lipinski definition) is 2. The Morgan fingerprint density at radius 1 is 1.47 bits per heavy atom. The first-order valence-electron chi connectivity index (χ1n) is 4.78. The number of carbonyl (C=O) groups is 1. The molecule has 0 aromatic heterocycles. The fourth-order valence-electron chi connectivity index (χ4n) is 1.84. The molecule has 1 aliphatic carbocycles. The van der Waals surface area contributed by atoms with Gasteiger partial charge >= 0.3 is 5.97 Å². The molecule has 2 nitrogen and oxygen atoms in total. The number of halogens is 1. The van der Waals surface area contributed by atoms with Gasteiger partial charge in [0.05, 0.1) is 7.11 Å². The number of benzene rings is 1. The summed E-state index contributed by atoms with van der Waals surface area (Å²) in [4.78, 5) is 11.1. The average molecular weight is 267 g/mol. The Morgan fingerprint density at radius 3 is 3.00 bits per heavy atom. The van der Waals surface area contributed by atoms with Crippen molar-refractivity contribution in [2.75, 3.05) is 7.11 Å². The van der Waals surface area contributed by atoms with E-state index >= 15 is 0 Å². The molecule has 2 rings (SSSR count). The summed E-state index contributed by atoms with van der Waals surface area (Å²) in [7, 11) is 1.40. The Kier molecular flexibility index (Phi) is 2.91. The standard InChI is InChI=1S/C12H11BrO2/c1-15-12(14)7-9-3-2-8-6-10(13)4-5-11(8)9/h4-7H,2-3H2,1H3/b9-7+. The number of hydrogen-bond donors (Lipinski definition) is 0. The number of rotatable bonds is 1. The molecule has 1 aliphatic rings. The average Bonchev–Trinajstić information content (AvgIpc) is 2.60. The van der Waals surface area contributed by atoms with Gasteiger partial charge in [0.1, 0.15) is 0 Å². The molecule has 78 valence electrons. The second-order valence-electron chi connectivity index (χ2n) is 3.49. The lowest BCUT2D eigenvalue weighted by Gasteiger charge is -2.01. The monoisotopic (exact) mass is 266 g/mol. The van der Waals surface area contributed by atoms with E-state index < -0.39 is 0 Å². The van der Waals surface area contributed by atoms with Gasteiger partial charge in [0.2, 0.25) is 0 Å². The van der Waals surface area contributed by atoms with Crippen molar-refractivity contribution in [3.63, 3.8) is 0 Å². The maximum absolute atomic E-state index is 11.1. The number of methoxy groups -OCH3 is 1. The van der Waals surface area contributed by atoms with Gasteiger partial charge in [-0.15, -0.1) is 0 Å². The van der Waals surface area contributed by atoms with Crippen LogP contribution in [-0.4, -0.2) is 13.1 Å². The molecule has 0 atom stereocenters. The number of fused-ring (bicyclic) bond motifs is 1. The van der Waals surface area contributed by atoms with Gasteiger partial charge in [0.15, 0.2) is 0 Å². The number of carbonyl (C=O) groups excluding carboxylic acids is 1. The van der Waals surface area contributed by atoms with Crippen molar-refractivity contribution in [1.29, 1.82) is 0 Å². The van der Waals surface area contributed by atoms with Crippen molar-refractivity contribution in [3.05, 3.63) is 39.9 Å². The van der Waals surface area contributed by atoms with Gasteiger partial charge in [-0.25, -0.2) is 4.79 Å². The quantitative estimate of drug-likeness (QED) is 0.577. The third-order valence-electron chi connectivity index (χ3n) is 2.57. The Balaban J connectivity index is 2.37. The van der Waals surface area contributed by atoms with Gasteiger partial charge < -0.3 is 4.74 Å². The van der Waals surface area contributed by atoms with Crippen LogP contribution in [0.1, 0.15) is 17.5 Å². The zero-order chi connectivity index (χ0) is 10.8. The van der Waals surface area contributed by atoms with Gasteiger partial charge in [-0.1, -0.05) is 22.0 Å². The highest BCUT2D eigenvalue weighted by molar-refractivity contribution is 9.10. The summed E-state index contributed by atoms with van der Waals surface area (Å²) in [6, 6.07) is 6.14. The molecule has 1 aromatic carbocycles. The lowest BCUT2D eigenvalue weighted by Crippen LogP contribution is -1.95. The molecule has 0 unspecified atom stereocenters. The number of aryl methyl sites for hydroxylation is 1. The minimum Gasteiger partial charge on any atom is -0.466 e. The summed E-state index contributed by atoms with van der Waals surface area (Å²) in [5.41, 5.74) is 3.53. The lowest BCUT2D eigenvalue weighted by atomic mass is 10.1. The van der Waals surface area contributed by atoms with Gasteiger partial charge in [-0.3, -0.25) is 0 Å². The molecular formula is C12H11BrO2. The highest BCUT2D eigenvalue weighted by atomic mass is 79.9. The van der Waals surface area contributed by atoms with E-state index in [1.54, 1.807) is 6.08 Å². The summed E-state index contributed by atoms with van der Waals surface area (Å²) in [6.07, 6.45) is 3.50. The van der Waals surface area contributed by atoms with Crippen LogP contribution in [0.4, 0.5) is 0 Å². The minimum absolute atomic E-state index is 0.277. The van der Waals surface area contributed by atoms with Crippen molar-refractivity contribution in [3.8, 4) is 0 Å². The molecule has 0 amide bonds. The van der Waals surface area contributed by atoms with Crippen LogP contribution in [0.3, 0.4) is 0 Å². The molecule has 0 heterocycles. The Labute approximate surface area is 97.1 Å². The van der Waals surface area contributed by atoms with E-state index in [4.69, 9.17) is 0 Å². The molecule has 0 radical (unpaired) electrons. The molecule has 1 aromatic rings. The van der Waals surface area contributed by atoms with Crippen LogP contribution in [0.25, 0.3) is 5.57 Å². The maximum Gasteiger partial charge on any atom is 0.330 e. The van der Waals surface area contributed by atoms with E-state index in [9.17, 15) is 4.79 Å². The normalized spacial score (nSPS) is 16.5. The van der Waals surface area contributed by atoms with Gasteiger partial charge in [-0.05, 0) is 41.7 Å². The van der Waals surface area contributed by atoms with E-state index in [0.29, 0.717) is 0 Å². The second kappa shape index (κ2) is 4.19. The highest BCUT2D eigenvalue weighted by Gasteiger charge is 2.17. The topological polar surface area (TPSA) is 26.3 Å². The molecule has 0 fully saturated rings. The molecule has 0 aliphatic heterocycles. The predicted octanol–water partition coefficient (Wildman–Crippen LogP) is 2.95. The minimum atomic E-state index is -0.277. The molecule has 0 saturated carbocycles. The Morgan fingerprint density at radius 2 is 2.27 bits per heavy atom. The lowest BCUT2D eigenvalue weighted by molar-refractivity contribution is -0.134. The van der Waals surface area contributed by atoms with E-state index in [0.717, 1.165) is 22.9 Å². The Hall–Kier alpha value is -1.09. The fourth-order valence-corrected chi connectivity index (χ4v) is 2.25. The summed E-state index contributed by atoms with van der Waals surface area (Å²) in [5, 5.41) is 0. The first kappa shape index (κ1) is 10.4. The van der Waals surface area contributed by atoms with Crippen LogP contribution in [0.5, 0.6) is 0 Å². The highest BCUT2D eigenvalue weighted by Crippen LogP contribution is 2.33. The summed E-state index contributed by atoms with van der Waals surface area (Å²) >= 11 is 3.44. The van der Waals surface area contributed by atoms with Crippen molar-refractivity contribution in [1.82, 2.24) is 0 Å². The van der Waals surface area contributed by atoms with Crippen molar-refractivity contribution in [2.24, 2.45) is 0 Å². The van der Waals surface area contributed by atoms with Crippen LogP contribution in [-0.2, 0) is 16.0 Å². The SMILES string of the molecule is COC(=O)/C=C1\CCc2cc(Br)ccc21. The molecule has 0 bridgehead atoms. The van der Waals surface area contributed by atoms with Crippen LogP contribution < -0.4 is 0 Å². The zero-order valence-electron chi connectivity index (χ0n) is 8.42. The second-order valence-corrected chi connectivity index (χ2v) is 4.41. The van der Waals surface area contributed by atoms with Crippen LogP contribution in [0.15, 0.2) is 28.7 Å². The van der Waals surface area contributed by atoms with Crippen molar-refractivity contribution < 1.29 is 9.53 Å². The van der Waals surface area contributed by atoms with Gasteiger partial charge in [0.25, 0.3) is 0 Å². The number of ether oxygens (including phenoxy) is 1. The Bertz CT molecular complexity index is 435. The smallest absolute Gasteiger partial charge is 0.330 e. The molecule has 3 heteroatoms. The van der Waals surface area contributed by atoms with Gasteiger partial charge in [0, 0.05) is 10.5 Å². The number of esters is 1. The fraction of sp³-hybridized carbons (Fsp3) is 0.250. The maximum atomic E-state index is 11.1. The number of allylic oxidation sites excluding steroid dienone is 1. The zero-order valence-corrected chi connectivity index (χ0v) is 10.0. The van der Waals surface area contributed by atoms with Crippen molar-refractivity contribution in [2.45, 2.75) is 12.8 Å². The third kappa shape index (κ3) is 2.12. The van der Waals surface area contributed by atoms with E-state index in [2.05, 4.69) is 26.7 Å². The first-order chi connectivity index (χ1) is 7.20. The van der Waals surface area contributed by atoms with Crippen molar-refractivity contribution >= 4 is 27.5 Å². The van der Waals surface area contributed by atoms with Crippen LogP contribution >= 0.6 is 15.9 Å². The largest absolute Gasteiger partial charge is 0.466 e. The molecule has 15 heavy (non-hydrogen) atoms. The van der Waals surface area contributed by atoms with Crippen LogP contribution in [0, 0.1) is 0 Å². The van der Waals surface area contributed by atoms with Crippen LogP contribution in [0.2, 0.25) is 0 Å². The summed E-state index contributed by atoms with van der Waals surface area (Å²) < 4.78 is 5.71. The van der Waals surface area contributed by atoms with Gasteiger partial charge in [-0.2, -0.15) is 0 Å². The predicted molar refractivity (Wildman–Crippen MR) is 62.5 cm³/mol. The third-order valence-corrected chi connectivity index (χ3v) is 3.06. The molecular weight excluding hydrogens is 256 g/mol. The molecule has 0 N–H and O–H groups in total. The van der Waals surface area contributed by atoms with E-state index in [-0.39, 0.29) is 5.97 Å². The van der Waals surface area contributed by atoms with E-state index in [1.807, 2.05) is 12.1 Å². The molecule has 0 saturated heterocycles. The van der Waals surface area contributed by atoms with E-state index in [1.165, 1.54) is 18.2 Å². The summed E-state index contributed by atoms with van der Waals surface area (Å²) in [5.74, 6) is -0.277.